The Labute approximate surface area is 104 Å². The van der Waals surface area contributed by atoms with Crippen LogP contribution in [0.15, 0.2) is 18.2 Å². The van der Waals surface area contributed by atoms with Crippen molar-refractivity contribution in [1.29, 1.82) is 5.41 Å². The van der Waals surface area contributed by atoms with E-state index in [1.54, 1.807) is 13.2 Å². The van der Waals surface area contributed by atoms with E-state index >= 15 is 0 Å². The van der Waals surface area contributed by atoms with Crippen molar-refractivity contribution in [2.75, 3.05) is 7.11 Å². The molecule has 0 bridgehead atoms. The van der Waals surface area contributed by atoms with Crippen LogP contribution in [0.3, 0.4) is 0 Å². The average molecular weight is 231 g/mol. The summed E-state index contributed by atoms with van der Waals surface area (Å²) in [5.41, 5.74) is 3.55. The maximum Gasteiger partial charge on any atom is 0.122 e. The highest BCUT2D eigenvalue weighted by molar-refractivity contribution is 5.77. The first kappa shape index (κ1) is 13.5. The van der Waals surface area contributed by atoms with E-state index < -0.39 is 0 Å². The molecule has 0 aromatic heterocycles. The van der Waals surface area contributed by atoms with E-state index in [9.17, 15) is 0 Å². The Morgan fingerprint density at radius 1 is 1.24 bits per heavy atom. The first-order chi connectivity index (χ1) is 7.90. The molecule has 0 aliphatic heterocycles. The zero-order valence-corrected chi connectivity index (χ0v) is 11.3. The minimum atomic E-state index is 0.0915. The van der Waals surface area contributed by atoms with Crippen LogP contribution in [-0.4, -0.2) is 13.3 Å². The second kappa shape index (κ2) is 5.17. The van der Waals surface area contributed by atoms with Crippen molar-refractivity contribution in [3.05, 3.63) is 34.9 Å². The molecule has 17 heavy (non-hydrogen) atoms. The number of allylic oxidation sites excluding steroid dienone is 1. The molecule has 0 heterocycles. The lowest BCUT2D eigenvalue weighted by Crippen LogP contribution is -2.12. The first-order valence-corrected chi connectivity index (χ1v) is 5.76. The van der Waals surface area contributed by atoms with Crippen molar-refractivity contribution in [2.45, 2.75) is 33.1 Å². The average Bonchev–Trinajstić information content (AvgIpc) is 2.26. The number of hydrogen-bond donors (Lipinski definition) is 1. The topological polar surface area (TPSA) is 33.1 Å². The van der Waals surface area contributed by atoms with Crippen molar-refractivity contribution < 1.29 is 4.74 Å². The minimum Gasteiger partial charge on any atom is -0.496 e. The standard InChI is InChI=1S/C15H21NO/c1-11-12(7-6-8-16)9-13(15(2,3)4)10-14(11)17-5/h6-10,16H,1-5H3/b7-6-,16-8?. The van der Waals surface area contributed by atoms with Gasteiger partial charge in [-0.05, 0) is 41.2 Å². The van der Waals surface area contributed by atoms with Crippen LogP contribution < -0.4 is 4.74 Å². The molecule has 92 valence electrons. The fourth-order valence-corrected chi connectivity index (χ4v) is 1.68. The highest BCUT2D eigenvalue weighted by Gasteiger charge is 2.16. The molecule has 1 aromatic carbocycles. The third kappa shape index (κ3) is 3.19. The van der Waals surface area contributed by atoms with Crippen LogP contribution in [0.5, 0.6) is 5.75 Å². The van der Waals surface area contributed by atoms with Gasteiger partial charge in [-0.3, -0.25) is 0 Å². The molecule has 0 saturated heterocycles. The van der Waals surface area contributed by atoms with E-state index in [2.05, 4.69) is 32.9 Å². The Bertz CT molecular complexity index is 439. The van der Waals surface area contributed by atoms with E-state index in [1.165, 1.54) is 11.8 Å². The summed E-state index contributed by atoms with van der Waals surface area (Å²) in [5.74, 6) is 0.905. The summed E-state index contributed by atoms with van der Waals surface area (Å²) >= 11 is 0. The van der Waals surface area contributed by atoms with Gasteiger partial charge in [0.05, 0.1) is 7.11 Å². The summed E-state index contributed by atoms with van der Waals surface area (Å²) in [7, 11) is 1.69. The molecule has 0 atom stereocenters. The Balaban J connectivity index is 3.38. The number of rotatable bonds is 3. The molecule has 0 spiro atoms. The van der Waals surface area contributed by atoms with Gasteiger partial charge < -0.3 is 10.1 Å². The minimum absolute atomic E-state index is 0.0915. The molecule has 1 N–H and O–H groups in total. The van der Waals surface area contributed by atoms with E-state index in [0.717, 1.165) is 16.9 Å². The molecular formula is C15H21NO. The SMILES string of the molecule is COc1cc(C(C)(C)C)cc(/C=C\C=N)c1C. The van der Waals surface area contributed by atoms with Crippen molar-refractivity contribution in [2.24, 2.45) is 0 Å². The van der Waals surface area contributed by atoms with E-state index in [-0.39, 0.29) is 5.41 Å². The Morgan fingerprint density at radius 2 is 1.88 bits per heavy atom. The smallest absolute Gasteiger partial charge is 0.122 e. The largest absolute Gasteiger partial charge is 0.496 e. The van der Waals surface area contributed by atoms with Gasteiger partial charge in [-0.15, -0.1) is 0 Å². The second-order valence-electron chi connectivity index (χ2n) is 5.17. The molecule has 0 aliphatic rings. The summed E-state index contributed by atoms with van der Waals surface area (Å²) in [5, 5.41) is 7.05. The fourth-order valence-electron chi connectivity index (χ4n) is 1.68. The maximum atomic E-state index is 7.05. The molecule has 1 rings (SSSR count). The Hall–Kier alpha value is -1.57. The molecule has 0 amide bonds. The molecule has 2 heteroatoms. The van der Waals surface area contributed by atoms with Crippen LogP contribution in [0, 0.1) is 12.3 Å². The lowest BCUT2D eigenvalue weighted by molar-refractivity contribution is 0.409. The van der Waals surface area contributed by atoms with Crippen molar-refractivity contribution >= 4 is 12.3 Å². The number of nitrogens with one attached hydrogen (secondary N) is 1. The van der Waals surface area contributed by atoms with Gasteiger partial charge in [-0.25, -0.2) is 0 Å². The number of hydrogen-bond acceptors (Lipinski definition) is 2. The number of benzene rings is 1. The van der Waals surface area contributed by atoms with Gasteiger partial charge in [0.25, 0.3) is 0 Å². The van der Waals surface area contributed by atoms with Crippen LogP contribution in [-0.2, 0) is 5.41 Å². The third-order valence-corrected chi connectivity index (χ3v) is 2.86. The van der Waals surface area contributed by atoms with Crippen LogP contribution in [0.25, 0.3) is 6.08 Å². The van der Waals surface area contributed by atoms with Gasteiger partial charge in [0.2, 0.25) is 0 Å². The van der Waals surface area contributed by atoms with E-state index in [1.807, 2.05) is 13.0 Å². The van der Waals surface area contributed by atoms with Crippen molar-refractivity contribution in [1.82, 2.24) is 0 Å². The quantitative estimate of drug-likeness (QED) is 0.785. The van der Waals surface area contributed by atoms with Crippen LogP contribution in [0.2, 0.25) is 0 Å². The van der Waals surface area contributed by atoms with Gasteiger partial charge >= 0.3 is 0 Å². The lowest BCUT2D eigenvalue weighted by atomic mass is 9.85. The highest BCUT2D eigenvalue weighted by atomic mass is 16.5. The molecule has 0 radical (unpaired) electrons. The van der Waals surface area contributed by atoms with E-state index in [4.69, 9.17) is 10.1 Å². The monoisotopic (exact) mass is 231 g/mol. The zero-order chi connectivity index (χ0) is 13.1. The van der Waals surface area contributed by atoms with Gasteiger partial charge in [0.15, 0.2) is 0 Å². The molecule has 2 nitrogen and oxygen atoms in total. The number of ether oxygens (including phenoxy) is 1. The summed E-state index contributed by atoms with van der Waals surface area (Å²) in [6, 6.07) is 4.26. The van der Waals surface area contributed by atoms with Crippen molar-refractivity contribution in [3.8, 4) is 5.75 Å². The van der Waals surface area contributed by atoms with Gasteiger partial charge in [-0.1, -0.05) is 32.9 Å². The molecule has 0 aliphatic carbocycles. The van der Waals surface area contributed by atoms with Gasteiger partial charge in [-0.2, -0.15) is 0 Å². The lowest BCUT2D eigenvalue weighted by Gasteiger charge is -2.22. The summed E-state index contributed by atoms with van der Waals surface area (Å²) in [6.45, 7) is 8.58. The predicted molar refractivity (Wildman–Crippen MR) is 74.2 cm³/mol. The van der Waals surface area contributed by atoms with Crippen molar-refractivity contribution in [3.63, 3.8) is 0 Å². The molecule has 0 unspecified atom stereocenters. The predicted octanol–water partition coefficient (Wildman–Crippen LogP) is 3.96. The molecule has 0 fully saturated rings. The van der Waals surface area contributed by atoms with Crippen LogP contribution in [0.4, 0.5) is 0 Å². The summed E-state index contributed by atoms with van der Waals surface area (Å²) < 4.78 is 5.41. The summed E-state index contributed by atoms with van der Waals surface area (Å²) in [4.78, 5) is 0. The first-order valence-electron chi connectivity index (χ1n) is 5.76. The molecular weight excluding hydrogens is 210 g/mol. The molecule has 1 aromatic rings. The van der Waals surface area contributed by atoms with Gasteiger partial charge in [0.1, 0.15) is 5.75 Å². The highest BCUT2D eigenvalue weighted by Crippen LogP contribution is 2.31. The zero-order valence-electron chi connectivity index (χ0n) is 11.3. The van der Waals surface area contributed by atoms with Crippen LogP contribution >= 0.6 is 0 Å². The van der Waals surface area contributed by atoms with E-state index in [0.29, 0.717) is 0 Å². The van der Waals surface area contributed by atoms with Gasteiger partial charge in [0, 0.05) is 6.21 Å². The normalized spacial score (nSPS) is 11.8. The van der Waals surface area contributed by atoms with Crippen LogP contribution in [0.1, 0.15) is 37.5 Å². The fraction of sp³-hybridized carbons (Fsp3) is 0.400. The molecule has 0 saturated carbocycles. The second-order valence-corrected chi connectivity index (χ2v) is 5.17. The number of methoxy groups -OCH3 is 1. The third-order valence-electron chi connectivity index (χ3n) is 2.86. The summed E-state index contributed by atoms with van der Waals surface area (Å²) in [6.07, 6.45) is 4.96. The maximum absolute atomic E-state index is 7.05. The Kier molecular flexibility index (Phi) is 4.11. The Morgan fingerprint density at radius 3 is 2.35 bits per heavy atom.